The second-order valence-corrected chi connectivity index (χ2v) is 4.87. The van der Waals surface area contributed by atoms with Gasteiger partial charge in [0.2, 0.25) is 11.7 Å². The van der Waals surface area contributed by atoms with Gasteiger partial charge < -0.3 is 9.63 Å². The van der Waals surface area contributed by atoms with E-state index in [1.54, 1.807) is 0 Å². The molecule has 2 aromatic rings. The highest BCUT2D eigenvalue weighted by molar-refractivity contribution is 5.53. The van der Waals surface area contributed by atoms with E-state index in [1.165, 1.54) is 0 Å². The van der Waals surface area contributed by atoms with Gasteiger partial charge in [-0.1, -0.05) is 49.3 Å². The summed E-state index contributed by atoms with van der Waals surface area (Å²) in [4.78, 5) is 4.29. The van der Waals surface area contributed by atoms with Gasteiger partial charge in [0.1, 0.15) is 0 Å². The number of aromatic nitrogens is 2. The molecule has 96 valence electrons. The van der Waals surface area contributed by atoms with Gasteiger partial charge in [0.25, 0.3) is 0 Å². The lowest BCUT2D eigenvalue weighted by Crippen LogP contribution is -2.13. The Kier molecular flexibility index (Phi) is 4.10. The third-order valence-corrected chi connectivity index (χ3v) is 2.65. The van der Waals surface area contributed by atoms with Crippen LogP contribution in [0.5, 0.6) is 0 Å². The fraction of sp³-hybridized carbons (Fsp3) is 0.429. The summed E-state index contributed by atoms with van der Waals surface area (Å²) in [5.41, 5.74) is 0.922. The van der Waals surface area contributed by atoms with Crippen LogP contribution < -0.4 is 0 Å². The van der Waals surface area contributed by atoms with E-state index in [0.29, 0.717) is 24.1 Å². The minimum absolute atomic E-state index is 0.415. The van der Waals surface area contributed by atoms with Crippen molar-refractivity contribution >= 4 is 0 Å². The van der Waals surface area contributed by atoms with Crippen molar-refractivity contribution in [3.05, 3.63) is 36.2 Å². The van der Waals surface area contributed by atoms with Crippen molar-refractivity contribution in [2.45, 2.75) is 32.8 Å². The molecule has 0 spiro atoms. The summed E-state index contributed by atoms with van der Waals surface area (Å²) < 4.78 is 5.15. The van der Waals surface area contributed by atoms with Gasteiger partial charge in [-0.3, -0.25) is 0 Å². The molecule has 0 aliphatic carbocycles. The maximum absolute atomic E-state index is 9.83. The van der Waals surface area contributed by atoms with E-state index < -0.39 is 6.10 Å². The van der Waals surface area contributed by atoms with Crippen molar-refractivity contribution in [2.75, 3.05) is 0 Å². The Balaban J connectivity index is 2.03. The lowest BCUT2D eigenvalue weighted by Gasteiger charge is -2.09. The van der Waals surface area contributed by atoms with Crippen LogP contribution in [0.2, 0.25) is 0 Å². The molecule has 1 unspecified atom stereocenters. The van der Waals surface area contributed by atoms with E-state index in [2.05, 4.69) is 24.0 Å². The van der Waals surface area contributed by atoms with Crippen LogP contribution in [-0.2, 0) is 6.42 Å². The van der Waals surface area contributed by atoms with Gasteiger partial charge in [-0.2, -0.15) is 4.98 Å². The summed E-state index contributed by atoms with van der Waals surface area (Å²) >= 11 is 0. The monoisotopic (exact) mass is 246 g/mol. The Hall–Kier alpha value is -1.68. The molecule has 1 aromatic heterocycles. The van der Waals surface area contributed by atoms with Crippen LogP contribution in [0.3, 0.4) is 0 Å². The maximum Gasteiger partial charge on any atom is 0.229 e. The molecule has 4 heteroatoms. The van der Waals surface area contributed by atoms with Crippen molar-refractivity contribution < 1.29 is 9.63 Å². The largest absolute Gasteiger partial charge is 0.393 e. The molecular weight excluding hydrogens is 228 g/mol. The molecular formula is C14H18N2O2. The van der Waals surface area contributed by atoms with Crippen LogP contribution in [-0.4, -0.2) is 21.4 Å². The van der Waals surface area contributed by atoms with E-state index in [4.69, 9.17) is 4.52 Å². The van der Waals surface area contributed by atoms with E-state index in [-0.39, 0.29) is 0 Å². The van der Waals surface area contributed by atoms with Crippen molar-refractivity contribution in [3.63, 3.8) is 0 Å². The third kappa shape index (κ3) is 3.40. The maximum atomic E-state index is 9.83. The highest BCUT2D eigenvalue weighted by Gasteiger charge is 2.14. The smallest absolute Gasteiger partial charge is 0.229 e. The molecule has 0 aliphatic heterocycles. The first kappa shape index (κ1) is 12.8. The minimum atomic E-state index is -0.422. The SMILES string of the molecule is CC(C)CC(O)Cc1nc(-c2ccccc2)no1. The van der Waals surface area contributed by atoms with E-state index >= 15 is 0 Å². The van der Waals surface area contributed by atoms with Crippen molar-refractivity contribution in [2.24, 2.45) is 5.92 Å². The zero-order chi connectivity index (χ0) is 13.0. The molecule has 0 saturated heterocycles. The summed E-state index contributed by atoms with van der Waals surface area (Å²) in [5, 5.41) is 13.7. The Morgan fingerprint density at radius 2 is 1.94 bits per heavy atom. The van der Waals surface area contributed by atoms with Gasteiger partial charge >= 0.3 is 0 Å². The lowest BCUT2D eigenvalue weighted by atomic mass is 10.0. The van der Waals surface area contributed by atoms with Gasteiger partial charge in [0, 0.05) is 5.56 Å². The zero-order valence-corrected chi connectivity index (χ0v) is 10.7. The summed E-state index contributed by atoms with van der Waals surface area (Å²) in [7, 11) is 0. The van der Waals surface area contributed by atoms with Crippen molar-refractivity contribution in [1.29, 1.82) is 0 Å². The first-order valence-corrected chi connectivity index (χ1v) is 6.21. The highest BCUT2D eigenvalue weighted by Crippen LogP contribution is 2.16. The van der Waals surface area contributed by atoms with Crippen LogP contribution in [0, 0.1) is 5.92 Å². The number of benzene rings is 1. The Morgan fingerprint density at radius 3 is 2.61 bits per heavy atom. The first-order chi connectivity index (χ1) is 8.65. The summed E-state index contributed by atoms with van der Waals surface area (Å²) in [5.74, 6) is 1.51. The number of aliphatic hydroxyl groups is 1. The summed E-state index contributed by atoms with van der Waals surface area (Å²) in [6.45, 7) is 4.15. The minimum Gasteiger partial charge on any atom is -0.393 e. The topological polar surface area (TPSA) is 59.2 Å². The van der Waals surface area contributed by atoms with E-state index in [1.807, 2.05) is 30.3 Å². The van der Waals surface area contributed by atoms with Crippen LogP contribution in [0.4, 0.5) is 0 Å². The molecule has 2 rings (SSSR count). The molecule has 0 aliphatic rings. The zero-order valence-electron chi connectivity index (χ0n) is 10.7. The molecule has 0 radical (unpaired) electrons. The Morgan fingerprint density at radius 1 is 1.22 bits per heavy atom. The molecule has 0 amide bonds. The van der Waals surface area contributed by atoms with Crippen molar-refractivity contribution in [1.82, 2.24) is 10.1 Å². The molecule has 1 heterocycles. The van der Waals surface area contributed by atoms with Crippen LogP contribution in [0.25, 0.3) is 11.4 Å². The Labute approximate surface area is 107 Å². The second-order valence-electron chi connectivity index (χ2n) is 4.87. The number of rotatable bonds is 5. The fourth-order valence-electron chi connectivity index (χ4n) is 1.87. The van der Waals surface area contributed by atoms with Crippen molar-refractivity contribution in [3.8, 4) is 11.4 Å². The number of nitrogens with zero attached hydrogens (tertiary/aromatic N) is 2. The fourth-order valence-corrected chi connectivity index (χ4v) is 1.87. The Bertz CT molecular complexity index is 480. The van der Waals surface area contributed by atoms with Gasteiger partial charge in [-0.15, -0.1) is 0 Å². The quantitative estimate of drug-likeness (QED) is 0.881. The van der Waals surface area contributed by atoms with Crippen LogP contribution in [0.1, 0.15) is 26.2 Å². The first-order valence-electron chi connectivity index (χ1n) is 6.21. The van der Waals surface area contributed by atoms with Gasteiger partial charge in [0.05, 0.1) is 12.5 Å². The summed E-state index contributed by atoms with van der Waals surface area (Å²) in [6.07, 6.45) is 0.732. The van der Waals surface area contributed by atoms with Gasteiger partial charge in [0.15, 0.2) is 0 Å². The van der Waals surface area contributed by atoms with E-state index in [9.17, 15) is 5.11 Å². The molecule has 0 saturated carbocycles. The highest BCUT2D eigenvalue weighted by atomic mass is 16.5. The van der Waals surface area contributed by atoms with E-state index in [0.717, 1.165) is 12.0 Å². The number of aliphatic hydroxyl groups excluding tert-OH is 1. The molecule has 0 bridgehead atoms. The molecule has 1 aromatic carbocycles. The molecule has 4 nitrogen and oxygen atoms in total. The van der Waals surface area contributed by atoms with Gasteiger partial charge in [-0.05, 0) is 12.3 Å². The van der Waals surface area contributed by atoms with Crippen LogP contribution >= 0.6 is 0 Å². The van der Waals surface area contributed by atoms with Gasteiger partial charge in [-0.25, -0.2) is 0 Å². The second kappa shape index (κ2) is 5.78. The number of hydrogen-bond acceptors (Lipinski definition) is 4. The summed E-state index contributed by atoms with van der Waals surface area (Å²) in [6, 6.07) is 9.66. The predicted octanol–water partition coefficient (Wildman–Crippen LogP) is 2.69. The van der Waals surface area contributed by atoms with Crippen LogP contribution in [0.15, 0.2) is 34.9 Å². The molecule has 18 heavy (non-hydrogen) atoms. The third-order valence-electron chi connectivity index (χ3n) is 2.65. The lowest BCUT2D eigenvalue weighted by molar-refractivity contribution is 0.138. The average Bonchev–Trinajstić information content (AvgIpc) is 2.77. The molecule has 1 atom stereocenters. The normalized spacial score (nSPS) is 12.9. The average molecular weight is 246 g/mol. The standard InChI is InChI=1S/C14H18N2O2/c1-10(2)8-12(17)9-13-15-14(16-18-13)11-6-4-3-5-7-11/h3-7,10,12,17H,8-9H2,1-2H3. The predicted molar refractivity (Wildman–Crippen MR) is 68.9 cm³/mol. The molecule has 0 fully saturated rings. The number of hydrogen-bond donors (Lipinski definition) is 1. The molecule has 1 N–H and O–H groups in total.